The minimum atomic E-state index is -0.423. The Morgan fingerprint density at radius 3 is 3.00 bits per heavy atom. The summed E-state index contributed by atoms with van der Waals surface area (Å²) in [6.45, 7) is 2.62. The van der Waals surface area contributed by atoms with Gasteiger partial charge in [-0.2, -0.15) is 11.8 Å². The van der Waals surface area contributed by atoms with E-state index in [4.69, 9.17) is 5.73 Å². The van der Waals surface area contributed by atoms with Crippen molar-refractivity contribution in [3.05, 3.63) is 34.9 Å². The average molecular weight is 280 g/mol. The van der Waals surface area contributed by atoms with Crippen molar-refractivity contribution in [3.8, 4) is 0 Å². The second-order valence-corrected chi connectivity index (χ2v) is 5.40. The molecule has 2 heterocycles. The number of carbonyl (C=O) groups is 1. The predicted octanol–water partition coefficient (Wildman–Crippen LogP) is 0.464. The van der Waals surface area contributed by atoms with Gasteiger partial charge >= 0.3 is 5.69 Å². The second-order valence-electron chi connectivity index (χ2n) is 4.37. The van der Waals surface area contributed by atoms with Crippen molar-refractivity contribution < 1.29 is 4.79 Å². The molecule has 2 rings (SSSR count). The van der Waals surface area contributed by atoms with Crippen LogP contribution in [0.4, 0.5) is 0 Å². The third kappa shape index (κ3) is 3.05. The number of rotatable bonds is 5. The Kier molecular flexibility index (Phi) is 4.39. The van der Waals surface area contributed by atoms with E-state index in [2.05, 4.69) is 5.10 Å². The molecule has 6 nitrogen and oxygen atoms in total. The SMILES string of the molecule is CC(CN)CSCC(=O)n1nc2ccccn2c1=O. The van der Waals surface area contributed by atoms with Gasteiger partial charge in [-0.3, -0.25) is 4.79 Å². The van der Waals surface area contributed by atoms with Crippen molar-refractivity contribution in [1.29, 1.82) is 0 Å². The minimum Gasteiger partial charge on any atom is -0.330 e. The molecule has 7 heteroatoms. The second kappa shape index (κ2) is 6.03. The first kappa shape index (κ1) is 13.8. The molecule has 0 amide bonds. The average Bonchev–Trinajstić information content (AvgIpc) is 2.76. The molecule has 0 aliphatic carbocycles. The molecule has 0 aliphatic heterocycles. The summed E-state index contributed by atoms with van der Waals surface area (Å²) in [6.07, 6.45) is 1.60. The third-order valence-electron chi connectivity index (χ3n) is 2.69. The van der Waals surface area contributed by atoms with Gasteiger partial charge in [0.15, 0.2) is 5.65 Å². The Balaban J connectivity index is 2.09. The fraction of sp³-hybridized carbons (Fsp3) is 0.417. The molecule has 19 heavy (non-hydrogen) atoms. The van der Waals surface area contributed by atoms with E-state index in [1.807, 2.05) is 6.92 Å². The summed E-state index contributed by atoms with van der Waals surface area (Å²) < 4.78 is 2.28. The van der Waals surface area contributed by atoms with Crippen LogP contribution < -0.4 is 11.4 Å². The van der Waals surface area contributed by atoms with E-state index >= 15 is 0 Å². The lowest BCUT2D eigenvalue weighted by Crippen LogP contribution is -2.29. The van der Waals surface area contributed by atoms with E-state index in [1.165, 1.54) is 16.2 Å². The Bertz CT molecular complexity index is 634. The molecule has 0 aliphatic rings. The van der Waals surface area contributed by atoms with E-state index in [-0.39, 0.29) is 11.7 Å². The van der Waals surface area contributed by atoms with Crippen LogP contribution in [-0.4, -0.2) is 38.1 Å². The lowest BCUT2D eigenvalue weighted by molar-refractivity contribution is 0.0922. The van der Waals surface area contributed by atoms with Crippen molar-refractivity contribution >= 4 is 23.3 Å². The van der Waals surface area contributed by atoms with Crippen LogP contribution in [0.5, 0.6) is 0 Å². The third-order valence-corrected chi connectivity index (χ3v) is 3.95. The Labute approximate surface area is 114 Å². The first-order chi connectivity index (χ1) is 9.13. The molecule has 2 aromatic rings. The summed E-state index contributed by atoms with van der Waals surface area (Å²) in [4.78, 5) is 23.9. The molecule has 2 aromatic heterocycles. The summed E-state index contributed by atoms with van der Waals surface area (Å²) >= 11 is 1.47. The Morgan fingerprint density at radius 2 is 2.32 bits per heavy atom. The van der Waals surface area contributed by atoms with Gasteiger partial charge in [0, 0.05) is 6.20 Å². The number of pyridine rings is 1. The lowest BCUT2D eigenvalue weighted by Gasteiger charge is -2.06. The molecular formula is C12H16N4O2S. The zero-order chi connectivity index (χ0) is 13.8. The number of aromatic nitrogens is 3. The predicted molar refractivity (Wildman–Crippen MR) is 75.6 cm³/mol. The zero-order valence-electron chi connectivity index (χ0n) is 10.7. The van der Waals surface area contributed by atoms with Crippen LogP contribution in [0.15, 0.2) is 29.2 Å². The molecule has 0 radical (unpaired) electrons. The van der Waals surface area contributed by atoms with E-state index in [9.17, 15) is 9.59 Å². The Morgan fingerprint density at radius 1 is 1.53 bits per heavy atom. The zero-order valence-corrected chi connectivity index (χ0v) is 11.5. The first-order valence-corrected chi connectivity index (χ1v) is 7.16. The number of nitrogens with zero attached hydrogens (tertiary/aromatic N) is 3. The molecule has 0 bridgehead atoms. The monoisotopic (exact) mass is 280 g/mol. The van der Waals surface area contributed by atoms with Crippen LogP contribution in [0, 0.1) is 5.92 Å². The van der Waals surface area contributed by atoms with E-state index in [0.717, 1.165) is 10.4 Å². The van der Waals surface area contributed by atoms with Gasteiger partial charge in [-0.15, -0.1) is 9.78 Å². The molecule has 0 saturated carbocycles. The molecule has 0 spiro atoms. The summed E-state index contributed by atoms with van der Waals surface area (Å²) in [7, 11) is 0. The van der Waals surface area contributed by atoms with E-state index in [1.54, 1.807) is 24.4 Å². The Hall–Kier alpha value is -1.60. The minimum absolute atomic E-state index is 0.230. The highest BCUT2D eigenvalue weighted by molar-refractivity contribution is 7.99. The number of carbonyl (C=O) groups excluding carboxylic acids is 1. The number of hydrogen-bond donors (Lipinski definition) is 1. The largest absolute Gasteiger partial charge is 0.357 e. The maximum Gasteiger partial charge on any atom is 0.357 e. The van der Waals surface area contributed by atoms with Crippen LogP contribution in [0.3, 0.4) is 0 Å². The molecular weight excluding hydrogens is 264 g/mol. The smallest absolute Gasteiger partial charge is 0.330 e. The lowest BCUT2D eigenvalue weighted by atomic mass is 10.2. The van der Waals surface area contributed by atoms with Crippen molar-refractivity contribution in [1.82, 2.24) is 14.2 Å². The van der Waals surface area contributed by atoms with Gasteiger partial charge in [0.2, 0.25) is 0 Å². The van der Waals surface area contributed by atoms with Crippen molar-refractivity contribution in [2.75, 3.05) is 18.1 Å². The van der Waals surface area contributed by atoms with Crippen molar-refractivity contribution in [2.24, 2.45) is 11.7 Å². The standard InChI is InChI=1S/C12H16N4O2S/c1-9(6-13)7-19-8-11(17)16-12(18)15-5-3-2-4-10(15)14-16/h2-5,9H,6-8,13H2,1H3. The quantitative estimate of drug-likeness (QED) is 0.860. The normalized spacial score (nSPS) is 12.7. The van der Waals surface area contributed by atoms with Crippen LogP contribution in [0.1, 0.15) is 11.7 Å². The molecule has 0 saturated heterocycles. The number of nitrogens with two attached hydrogens (primary N) is 1. The maximum atomic E-state index is 11.9. The van der Waals surface area contributed by atoms with Gasteiger partial charge in [-0.25, -0.2) is 9.20 Å². The van der Waals surface area contributed by atoms with Gasteiger partial charge in [0.05, 0.1) is 5.75 Å². The summed E-state index contributed by atoms with van der Waals surface area (Å²) in [5.74, 6) is 1.08. The van der Waals surface area contributed by atoms with Crippen LogP contribution >= 0.6 is 11.8 Å². The summed E-state index contributed by atoms with van der Waals surface area (Å²) in [6, 6.07) is 5.19. The van der Waals surface area contributed by atoms with Crippen LogP contribution in [0.25, 0.3) is 5.65 Å². The summed E-state index contributed by atoms with van der Waals surface area (Å²) in [5.41, 5.74) is 5.56. The fourth-order valence-corrected chi connectivity index (χ4v) is 2.52. The van der Waals surface area contributed by atoms with Gasteiger partial charge in [-0.05, 0) is 30.3 Å². The van der Waals surface area contributed by atoms with Gasteiger partial charge in [0.25, 0.3) is 5.91 Å². The topological polar surface area (TPSA) is 82.4 Å². The van der Waals surface area contributed by atoms with Crippen molar-refractivity contribution in [3.63, 3.8) is 0 Å². The van der Waals surface area contributed by atoms with Crippen molar-refractivity contribution in [2.45, 2.75) is 6.92 Å². The highest BCUT2D eigenvalue weighted by atomic mass is 32.2. The van der Waals surface area contributed by atoms with Gasteiger partial charge in [-0.1, -0.05) is 13.0 Å². The molecule has 1 unspecified atom stereocenters. The first-order valence-electron chi connectivity index (χ1n) is 6.01. The van der Waals surface area contributed by atoms with Gasteiger partial charge < -0.3 is 5.73 Å². The van der Waals surface area contributed by atoms with Crippen LogP contribution in [0.2, 0.25) is 0 Å². The van der Waals surface area contributed by atoms with Gasteiger partial charge in [0.1, 0.15) is 0 Å². The maximum absolute atomic E-state index is 11.9. The number of thioether (sulfide) groups is 1. The molecule has 0 aromatic carbocycles. The molecule has 2 N–H and O–H groups in total. The highest BCUT2D eigenvalue weighted by Gasteiger charge is 2.13. The molecule has 102 valence electrons. The molecule has 1 atom stereocenters. The highest BCUT2D eigenvalue weighted by Crippen LogP contribution is 2.07. The van der Waals surface area contributed by atoms with E-state index in [0.29, 0.717) is 18.1 Å². The molecule has 0 fully saturated rings. The number of hydrogen-bond acceptors (Lipinski definition) is 5. The number of fused-ring (bicyclic) bond motifs is 1. The van der Waals surface area contributed by atoms with Crippen LogP contribution in [-0.2, 0) is 0 Å². The fourth-order valence-electron chi connectivity index (χ4n) is 1.56. The van der Waals surface area contributed by atoms with E-state index < -0.39 is 5.69 Å². The summed E-state index contributed by atoms with van der Waals surface area (Å²) in [5, 5.41) is 4.01.